The molecule has 2 heterocycles. The number of thioether (sulfide) groups is 1. The van der Waals surface area contributed by atoms with Gasteiger partial charge < -0.3 is 20.1 Å². The van der Waals surface area contributed by atoms with Gasteiger partial charge in [-0.2, -0.15) is 0 Å². The van der Waals surface area contributed by atoms with E-state index in [4.69, 9.17) is 4.74 Å². The second-order valence-electron chi connectivity index (χ2n) is 11.2. The third-order valence-corrected chi connectivity index (χ3v) is 10.8. The summed E-state index contributed by atoms with van der Waals surface area (Å²) in [6, 6.07) is 13.9. The minimum atomic E-state index is -1.02. The maximum Gasteiger partial charge on any atom is 0.239 e. The molecule has 2 amide bonds. The lowest BCUT2D eigenvalue weighted by Crippen LogP contribution is -2.51. The lowest BCUT2D eigenvalue weighted by molar-refractivity contribution is -0.132. The van der Waals surface area contributed by atoms with Crippen molar-refractivity contribution >= 4 is 46.2 Å². The van der Waals surface area contributed by atoms with E-state index in [2.05, 4.69) is 68.9 Å². The summed E-state index contributed by atoms with van der Waals surface area (Å²) in [5, 5.41) is 13.0. The maximum absolute atomic E-state index is 14.5. The Labute approximate surface area is 255 Å². The number of ether oxygens (including phenoxy) is 1. The third-order valence-electron chi connectivity index (χ3n) is 8.45. The number of aliphatic hydroxyl groups excluding tert-OH is 1. The first-order valence-electron chi connectivity index (χ1n) is 14.5. The summed E-state index contributed by atoms with van der Waals surface area (Å²) in [7, 11) is 0. The molecule has 0 aromatic heterocycles. The van der Waals surface area contributed by atoms with Gasteiger partial charge in [-0.1, -0.05) is 49.1 Å². The first kappa shape index (κ1) is 29.8. The molecule has 0 bridgehead atoms. The van der Waals surface area contributed by atoms with Gasteiger partial charge in [0.1, 0.15) is 4.75 Å². The number of aliphatic hydroxyl groups is 1. The molecule has 2 atom stereocenters. The summed E-state index contributed by atoms with van der Waals surface area (Å²) in [5.41, 5.74) is 2.97. The SMILES string of the molecule is Cc1ccc(S[C@]2(C(=O)NCCN3CCOCC3)CC(=O)N(C3CCCCC3)[C@@H]2c2ccc(CO)cc2I)cc1. The van der Waals surface area contributed by atoms with Gasteiger partial charge in [0, 0.05) is 40.7 Å². The van der Waals surface area contributed by atoms with Crippen molar-refractivity contribution < 1.29 is 19.4 Å². The van der Waals surface area contributed by atoms with Gasteiger partial charge in [0.25, 0.3) is 0 Å². The number of morpholine rings is 1. The molecule has 2 saturated heterocycles. The number of rotatable bonds is 9. The van der Waals surface area contributed by atoms with E-state index in [0.29, 0.717) is 6.54 Å². The summed E-state index contributed by atoms with van der Waals surface area (Å²) in [4.78, 5) is 33.9. The number of carbonyl (C=O) groups excluding carboxylic acids is 2. The lowest BCUT2D eigenvalue weighted by Gasteiger charge is -2.41. The van der Waals surface area contributed by atoms with Crippen molar-refractivity contribution in [2.24, 2.45) is 0 Å². The number of amides is 2. The number of benzene rings is 2. The van der Waals surface area contributed by atoms with Crippen molar-refractivity contribution in [2.45, 2.75) is 73.8 Å². The van der Waals surface area contributed by atoms with E-state index in [0.717, 1.165) is 83.7 Å². The zero-order chi connectivity index (χ0) is 28.1. The Hall–Kier alpha value is -1.66. The number of nitrogens with zero attached hydrogens (tertiary/aromatic N) is 2. The van der Waals surface area contributed by atoms with Gasteiger partial charge in [0.2, 0.25) is 11.8 Å². The first-order valence-corrected chi connectivity index (χ1v) is 16.4. The minimum Gasteiger partial charge on any atom is -0.392 e. The zero-order valence-corrected chi connectivity index (χ0v) is 26.2. The van der Waals surface area contributed by atoms with Crippen molar-refractivity contribution in [1.29, 1.82) is 0 Å². The molecule has 1 saturated carbocycles. The van der Waals surface area contributed by atoms with Crippen molar-refractivity contribution in [2.75, 3.05) is 39.4 Å². The molecule has 3 aliphatic rings. The first-order chi connectivity index (χ1) is 19.4. The number of hydrogen-bond donors (Lipinski definition) is 2. The molecule has 40 heavy (non-hydrogen) atoms. The summed E-state index contributed by atoms with van der Waals surface area (Å²) in [6.07, 6.45) is 5.50. The van der Waals surface area contributed by atoms with Crippen molar-refractivity contribution in [1.82, 2.24) is 15.1 Å². The largest absolute Gasteiger partial charge is 0.392 e. The van der Waals surface area contributed by atoms with E-state index in [-0.39, 0.29) is 30.9 Å². The van der Waals surface area contributed by atoms with Crippen LogP contribution in [0.1, 0.15) is 61.3 Å². The Morgan fingerprint density at radius 3 is 2.52 bits per heavy atom. The van der Waals surface area contributed by atoms with Crippen LogP contribution < -0.4 is 5.32 Å². The predicted molar refractivity (Wildman–Crippen MR) is 166 cm³/mol. The van der Waals surface area contributed by atoms with Gasteiger partial charge in [-0.25, -0.2) is 0 Å². The van der Waals surface area contributed by atoms with Crippen molar-refractivity contribution in [3.8, 4) is 0 Å². The van der Waals surface area contributed by atoms with Crippen LogP contribution in [0.15, 0.2) is 47.4 Å². The normalized spacial score (nSPS) is 24.4. The number of aryl methyl sites for hydroxylation is 1. The average Bonchev–Trinajstić information content (AvgIpc) is 3.27. The number of likely N-dealkylation sites (tertiary alicyclic amines) is 1. The predicted octanol–water partition coefficient (Wildman–Crippen LogP) is 4.68. The molecular weight excluding hydrogens is 637 g/mol. The Balaban J connectivity index is 1.54. The molecule has 3 fully saturated rings. The molecule has 7 nitrogen and oxygen atoms in total. The molecule has 216 valence electrons. The monoisotopic (exact) mass is 677 g/mol. The average molecular weight is 678 g/mol. The summed E-state index contributed by atoms with van der Waals surface area (Å²) < 4.78 is 5.43. The highest BCUT2D eigenvalue weighted by Gasteiger charge is 2.59. The van der Waals surface area contributed by atoms with Crippen LogP contribution in [0.25, 0.3) is 0 Å². The molecule has 2 aliphatic heterocycles. The van der Waals surface area contributed by atoms with Crippen molar-refractivity contribution in [3.63, 3.8) is 0 Å². The second kappa shape index (κ2) is 13.5. The fraction of sp³-hybridized carbons (Fsp3) is 0.548. The molecule has 0 radical (unpaired) electrons. The van der Waals surface area contributed by atoms with Crippen LogP contribution in [-0.4, -0.2) is 76.9 Å². The highest BCUT2D eigenvalue weighted by molar-refractivity contribution is 14.1. The molecule has 0 unspecified atom stereocenters. The molecule has 9 heteroatoms. The molecular formula is C31H40IN3O4S. The Morgan fingerprint density at radius 2 is 1.85 bits per heavy atom. The lowest BCUT2D eigenvalue weighted by atomic mass is 9.88. The van der Waals surface area contributed by atoms with Gasteiger partial charge in [-0.3, -0.25) is 14.5 Å². The van der Waals surface area contributed by atoms with Gasteiger partial charge >= 0.3 is 0 Å². The van der Waals surface area contributed by atoms with Gasteiger partial charge in [-0.05, 0) is 71.7 Å². The maximum atomic E-state index is 14.5. The van der Waals surface area contributed by atoms with Crippen LogP contribution in [0.3, 0.4) is 0 Å². The third kappa shape index (κ3) is 6.53. The molecule has 1 aliphatic carbocycles. The second-order valence-corrected chi connectivity index (χ2v) is 13.8. The van der Waals surface area contributed by atoms with E-state index in [1.54, 1.807) is 0 Å². The number of carbonyl (C=O) groups is 2. The zero-order valence-electron chi connectivity index (χ0n) is 23.2. The molecule has 2 N–H and O–H groups in total. The fourth-order valence-electron chi connectivity index (χ4n) is 6.31. The number of nitrogens with one attached hydrogen (secondary N) is 1. The van der Waals surface area contributed by atoms with Crippen LogP contribution in [0.4, 0.5) is 0 Å². The number of hydrogen-bond acceptors (Lipinski definition) is 6. The Bertz CT molecular complexity index is 1180. The van der Waals surface area contributed by atoms with Gasteiger partial charge in [0.15, 0.2) is 0 Å². The Kier molecular flexibility index (Phi) is 10.1. The van der Waals surface area contributed by atoms with E-state index in [9.17, 15) is 14.7 Å². The van der Waals surface area contributed by atoms with Crippen LogP contribution in [0.2, 0.25) is 0 Å². The highest BCUT2D eigenvalue weighted by Crippen LogP contribution is 2.55. The summed E-state index contributed by atoms with van der Waals surface area (Å²) in [6.45, 7) is 6.47. The van der Waals surface area contributed by atoms with E-state index < -0.39 is 10.8 Å². The fourth-order valence-corrected chi connectivity index (χ4v) is 8.59. The standard InChI is InChI=1S/C31H40IN3O4S/c1-22-7-10-25(11-8-22)40-31(30(38)33-13-14-34-15-17-39-18-16-34)20-28(37)35(24-5-3-2-4-6-24)29(31)26-12-9-23(21-36)19-27(26)32/h7-12,19,24,29,36H,2-6,13-18,20-21H2,1H3,(H,33,38)/t29-,31-/m1/s1. The van der Waals surface area contributed by atoms with Crippen LogP contribution in [0.5, 0.6) is 0 Å². The van der Waals surface area contributed by atoms with Crippen LogP contribution in [0, 0.1) is 10.5 Å². The van der Waals surface area contributed by atoms with Gasteiger partial charge in [0.05, 0.1) is 32.3 Å². The minimum absolute atomic E-state index is 0.0441. The highest BCUT2D eigenvalue weighted by atomic mass is 127. The molecule has 2 aromatic carbocycles. The van der Waals surface area contributed by atoms with Crippen molar-refractivity contribution in [3.05, 3.63) is 62.7 Å². The summed E-state index contributed by atoms with van der Waals surface area (Å²) >= 11 is 3.85. The van der Waals surface area contributed by atoms with Gasteiger partial charge in [-0.15, -0.1) is 11.8 Å². The van der Waals surface area contributed by atoms with Crippen LogP contribution >= 0.6 is 34.4 Å². The molecule has 2 aromatic rings. The Morgan fingerprint density at radius 1 is 1.12 bits per heavy atom. The smallest absolute Gasteiger partial charge is 0.239 e. The van der Waals surface area contributed by atoms with E-state index >= 15 is 0 Å². The molecule has 5 rings (SSSR count). The topological polar surface area (TPSA) is 82.1 Å². The summed E-state index contributed by atoms with van der Waals surface area (Å²) in [5.74, 6) is -0.0214. The van der Waals surface area contributed by atoms with E-state index in [1.807, 2.05) is 18.2 Å². The quantitative estimate of drug-likeness (QED) is 0.376. The number of halogens is 1. The van der Waals surface area contributed by atoms with E-state index in [1.165, 1.54) is 18.2 Å². The molecule has 0 spiro atoms. The van der Waals surface area contributed by atoms with Crippen LogP contribution in [-0.2, 0) is 20.9 Å².